The van der Waals surface area contributed by atoms with E-state index >= 15 is 0 Å². The van der Waals surface area contributed by atoms with Gasteiger partial charge in [-0.15, -0.1) is 0 Å². The van der Waals surface area contributed by atoms with Crippen LogP contribution in [0.2, 0.25) is 0 Å². The average Bonchev–Trinajstić information content (AvgIpc) is 2.33. The molecule has 0 atom stereocenters. The molecule has 0 heterocycles. The summed E-state index contributed by atoms with van der Waals surface area (Å²) in [6.45, 7) is -1.98. The van der Waals surface area contributed by atoms with Crippen molar-refractivity contribution in [2.24, 2.45) is 0 Å². The van der Waals surface area contributed by atoms with Crippen molar-refractivity contribution < 1.29 is 57.8 Å². The molecule has 0 aliphatic carbocycles. The molecule has 0 unspecified atom stereocenters. The van der Waals surface area contributed by atoms with Crippen LogP contribution in [0.15, 0.2) is 0 Å². The lowest BCUT2D eigenvalue weighted by atomic mass is 10.4. The quantitative estimate of drug-likeness (QED) is 0.629. The standard InChI is InChI=1S/C5H4F8O.C4H7F3O/c6-2(7)4(10,11)1-14-5(12,13)3(8)9;1-2-8-3-4(5,6)7/h2-3H,1H2;2-3H2,1H3. The van der Waals surface area contributed by atoms with Crippen LogP contribution in [0.5, 0.6) is 0 Å². The molecule has 0 aromatic carbocycles. The van der Waals surface area contributed by atoms with Gasteiger partial charge in [0.05, 0.1) is 0 Å². The highest BCUT2D eigenvalue weighted by Crippen LogP contribution is 2.29. The van der Waals surface area contributed by atoms with Gasteiger partial charge in [0, 0.05) is 6.61 Å². The van der Waals surface area contributed by atoms with Crippen LogP contribution in [0, 0.1) is 0 Å². The largest absolute Gasteiger partial charge is 0.416 e. The van der Waals surface area contributed by atoms with Gasteiger partial charge in [0.1, 0.15) is 13.2 Å². The second-order valence-electron chi connectivity index (χ2n) is 3.47. The molecule has 0 N–H and O–H groups in total. The summed E-state index contributed by atoms with van der Waals surface area (Å²) in [5.74, 6) is -4.88. The van der Waals surface area contributed by atoms with Gasteiger partial charge in [0.15, 0.2) is 0 Å². The van der Waals surface area contributed by atoms with Gasteiger partial charge in [-0.25, -0.2) is 17.6 Å². The van der Waals surface area contributed by atoms with Crippen LogP contribution in [0.1, 0.15) is 6.92 Å². The number of hydrogen-bond acceptors (Lipinski definition) is 2. The summed E-state index contributed by atoms with van der Waals surface area (Å²) in [6, 6.07) is 0. The molecule has 0 radical (unpaired) electrons. The first-order chi connectivity index (χ1) is 9.65. The molecule has 22 heavy (non-hydrogen) atoms. The van der Waals surface area contributed by atoms with Gasteiger partial charge in [-0.1, -0.05) is 0 Å². The maximum absolute atomic E-state index is 11.9. The average molecular weight is 360 g/mol. The second-order valence-corrected chi connectivity index (χ2v) is 3.47. The fourth-order valence-electron chi connectivity index (χ4n) is 0.536. The van der Waals surface area contributed by atoms with Crippen molar-refractivity contribution in [3.05, 3.63) is 0 Å². The van der Waals surface area contributed by atoms with E-state index in [1.54, 1.807) is 0 Å². The third kappa shape index (κ3) is 11.8. The summed E-state index contributed by atoms with van der Waals surface area (Å²) in [5, 5.41) is 0. The Hall–Kier alpha value is -0.850. The Bertz CT molecular complexity index is 270. The summed E-state index contributed by atoms with van der Waals surface area (Å²) >= 11 is 0. The predicted octanol–water partition coefficient (Wildman–Crippen LogP) is 4.35. The van der Waals surface area contributed by atoms with E-state index in [4.69, 9.17) is 0 Å². The summed E-state index contributed by atoms with van der Waals surface area (Å²) in [6.07, 6.45) is -17.9. The molecular weight excluding hydrogens is 349 g/mol. The minimum absolute atomic E-state index is 0.111. The van der Waals surface area contributed by atoms with Crippen molar-refractivity contribution in [3.8, 4) is 0 Å². The van der Waals surface area contributed by atoms with Crippen molar-refractivity contribution in [3.63, 3.8) is 0 Å². The molecule has 13 heteroatoms. The highest BCUT2D eigenvalue weighted by atomic mass is 19.4. The maximum atomic E-state index is 11.9. The summed E-state index contributed by atoms with van der Waals surface area (Å²) in [5.41, 5.74) is 0. The number of hydrogen-bond donors (Lipinski definition) is 0. The van der Waals surface area contributed by atoms with Gasteiger partial charge in [-0.3, -0.25) is 0 Å². The lowest BCUT2D eigenvalue weighted by Crippen LogP contribution is -2.39. The SMILES string of the molecule is CCOCC(F)(F)F.FC(F)C(F)(F)COC(F)(F)C(F)F. The number of rotatable bonds is 7. The van der Waals surface area contributed by atoms with Gasteiger partial charge >= 0.3 is 31.1 Å². The third-order valence-electron chi connectivity index (χ3n) is 1.50. The van der Waals surface area contributed by atoms with Crippen molar-refractivity contribution in [1.82, 2.24) is 0 Å². The summed E-state index contributed by atoms with van der Waals surface area (Å²) in [7, 11) is 0. The summed E-state index contributed by atoms with van der Waals surface area (Å²) < 4.78 is 133. The van der Waals surface area contributed by atoms with Gasteiger partial charge in [0.2, 0.25) is 0 Å². The molecular formula is C9H11F11O2. The van der Waals surface area contributed by atoms with Crippen LogP contribution in [0.4, 0.5) is 48.3 Å². The molecule has 0 aromatic rings. The van der Waals surface area contributed by atoms with E-state index in [0.29, 0.717) is 0 Å². The lowest BCUT2D eigenvalue weighted by Gasteiger charge is -2.20. The first-order valence-electron chi connectivity index (χ1n) is 5.26. The Kier molecular flexibility index (Phi) is 9.93. The number of alkyl halides is 11. The van der Waals surface area contributed by atoms with Crippen LogP contribution >= 0.6 is 0 Å². The van der Waals surface area contributed by atoms with E-state index in [-0.39, 0.29) is 6.61 Å². The molecule has 2 nitrogen and oxygen atoms in total. The zero-order valence-electron chi connectivity index (χ0n) is 10.8. The first kappa shape index (κ1) is 23.4. The number of ether oxygens (including phenoxy) is 2. The molecule has 0 amide bonds. The Morgan fingerprint density at radius 2 is 1.23 bits per heavy atom. The second kappa shape index (κ2) is 9.33. The molecule has 0 rings (SSSR count). The van der Waals surface area contributed by atoms with E-state index in [9.17, 15) is 48.3 Å². The van der Waals surface area contributed by atoms with Crippen molar-refractivity contribution in [2.45, 2.75) is 38.0 Å². The monoisotopic (exact) mass is 360 g/mol. The fraction of sp³-hybridized carbons (Fsp3) is 1.00. The minimum Gasteiger partial charge on any atom is -0.372 e. The lowest BCUT2D eigenvalue weighted by molar-refractivity contribution is -0.325. The predicted molar refractivity (Wildman–Crippen MR) is 50.4 cm³/mol. The zero-order valence-corrected chi connectivity index (χ0v) is 10.8. The van der Waals surface area contributed by atoms with Gasteiger partial charge in [-0.2, -0.15) is 30.7 Å². The van der Waals surface area contributed by atoms with Crippen LogP contribution in [-0.4, -0.2) is 50.9 Å². The minimum atomic E-state index is -5.15. The van der Waals surface area contributed by atoms with E-state index in [2.05, 4.69) is 9.47 Å². The van der Waals surface area contributed by atoms with Crippen LogP contribution in [0.25, 0.3) is 0 Å². The van der Waals surface area contributed by atoms with Crippen LogP contribution < -0.4 is 0 Å². The van der Waals surface area contributed by atoms with Gasteiger partial charge in [0.25, 0.3) is 0 Å². The molecule has 0 fully saturated rings. The van der Waals surface area contributed by atoms with E-state index < -0.39 is 44.3 Å². The van der Waals surface area contributed by atoms with Crippen molar-refractivity contribution in [2.75, 3.05) is 19.8 Å². The Morgan fingerprint density at radius 3 is 1.45 bits per heavy atom. The van der Waals surface area contributed by atoms with E-state index in [0.717, 1.165) is 0 Å². The molecule has 0 spiro atoms. The van der Waals surface area contributed by atoms with Crippen LogP contribution in [0.3, 0.4) is 0 Å². The van der Waals surface area contributed by atoms with Crippen LogP contribution in [-0.2, 0) is 9.47 Å². The van der Waals surface area contributed by atoms with Gasteiger partial charge < -0.3 is 9.47 Å². The molecule has 136 valence electrons. The third-order valence-corrected chi connectivity index (χ3v) is 1.50. The van der Waals surface area contributed by atoms with E-state index in [1.165, 1.54) is 6.92 Å². The topological polar surface area (TPSA) is 18.5 Å². The normalized spacial score (nSPS) is 13.4. The molecule has 0 aliphatic heterocycles. The molecule has 0 aromatic heterocycles. The summed E-state index contributed by atoms with van der Waals surface area (Å²) in [4.78, 5) is 0. The molecule has 0 saturated heterocycles. The fourth-order valence-corrected chi connectivity index (χ4v) is 0.536. The highest BCUT2D eigenvalue weighted by molar-refractivity contribution is 4.69. The maximum Gasteiger partial charge on any atom is 0.416 e. The Labute approximate surface area is 117 Å². The molecule has 0 bridgehead atoms. The zero-order chi connectivity index (χ0) is 18.2. The number of halogens is 11. The first-order valence-corrected chi connectivity index (χ1v) is 5.26. The van der Waals surface area contributed by atoms with E-state index in [1.807, 2.05) is 0 Å². The molecule has 0 saturated carbocycles. The van der Waals surface area contributed by atoms with Crippen molar-refractivity contribution >= 4 is 0 Å². The molecule has 0 aliphatic rings. The Morgan fingerprint density at radius 1 is 0.773 bits per heavy atom. The smallest absolute Gasteiger partial charge is 0.372 e. The van der Waals surface area contributed by atoms with Crippen molar-refractivity contribution in [1.29, 1.82) is 0 Å². The highest BCUT2D eigenvalue weighted by Gasteiger charge is 2.48. The Balaban J connectivity index is 0. The van der Waals surface area contributed by atoms with Gasteiger partial charge in [-0.05, 0) is 6.92 Å².